The molecule has 0 aliphatic carbocycles. The maximum atomic E-state index is 12.1. The fourth-order valence-electron chi connectivity index (χ4n) is 2.24. The van der Waals surface area contributed by atoms with Gasteiger partial charge in [0.05, 0.1) is 11.3 Å². The zero-order valence-corrected chi connectivity index (χ0v) is 11.3. The highest BCUT2D eigenvalue weighted by atomic mass is 16.5. The number of nitrogens with zero attached hydrogens (tertiary/aromatic N) is 2. The molecule has 0 spiro atoms. The second-order valence-corrected chi connectivity index (χ2v) is 5.26. The summed E-state index contributed by atoms with van der Waals surface area (Å²) in [6.45, 7) is 3.84. The molecule has 2 aromatic rings. The number of hydrogen-bond donors (Lipinski definition) is 1. The minimum Gasteiger partial charge on any atom is -0.467 e. The molecule has 1 aliphatic heterocycles. The van der Waals surface area contributed by atoms with Crippen molar-refractivity contribution in [3.8, 4) is 5.88 Å². The number of aromatic nitrogens is 2. The van der Waals surface area contributed by atoms with E-state index >= 15 is 0 Å². The monoisotopic (exact) mass is 269 g/mol. The van der Waals surface area contributed by atoms with Gasteiger partial charge in [0.15, 0.2) is 0 Å². The van der Waals surface area contributed by atoms with Crippen LogP contribution < -0.4 is 16.0 Å². The highest BCUT2D eigenvalue weighted by Crippen LogP contribution is 2.34. The van der Waals surface area contributed by atoms with Crippen molar-refractivity contribution in [2.75, 3.05) is 5.73 Å². The number of hydrogen-bond acceptors (Lipinski definition) is 4. The third kappa shape index (κ3) is 2.07. The predicted molar refractivity (Wildman–Crippen MR) is 77.4 cm³/mol. The second kappa shape index (κ2) is 4.23. The van der Waals surface area contributed by atoms with Crippen molar-refractivity contribution in [2.45, 2.75) is 19.4 Å². The van der Waals surface area contributed by atoms with Crippen LogP contribution in [0.1, 0.15) is 19.4 Å². The van der Waals surface area contributed by atoms with E-state index in [9.17, 15) is 4.79 Å². The molecule has 3 heterocycles. The Balaban J connectivity index is 2.28. The number of nitrogen functional groups attached to an aromatic ring is 1. The van der Waals surface area contributed by atoms with Crippen LogP contribution in [0.2, 0.25) is 0 Å². The van der Waals surface area contributed by atoms with E-state index in [0.717, 1.165) is 11.3 Å². The number of ether oxygens (including phenoxy) is 1. The summed E-state index contributed by atoms with van der Waals surface area (Å²) in [4.78, 5) is 16.3. The first kappa shape index (κ1) is 12.5. The van der Waals surface area contributed by atoms with Gasteiger partial charge in [0.25, 0.3) is 5.56 Å². The summed E-state index contributed by atoms with van der Waals surface area (Å²) in [6.07, 6.45) is 5.18. The number of fused-ring (bicyclic) bond motifs is 1. The third-order valence-electron chi connectivity index (χ3n) is 3.08. The van der Waals surface area contributed by atoms with Crippen molar-refractivity contribution in [3.05, 3.63) is 58.7 Å². The zero-order valence-electron chi connectivity index (χ0n) is 11.3. The van der Waals surface area contributed by atoms with E-state index < -0.39 is 5.60 Å². The van der Waals surface area contributed by atoms with Gasteiger partial charge < -0.3 is 10.5 Å². The molecule has 2 aromatic heterocycles. The van der Waals surface area contributed by atoms with E-state index in [1.165, 1.54) is 10.6 Å². The van der Waals surface area contributed by atoms with Gasteiger partial charge in [0, 0.05) is 24.1 Å². The molecule has 0 fully saturated rings. The van der Waals surface area contributed by atoms with Crippen molar-refractivity contribution in [3.63, 3.8) is 0 Å². The van der Waals surface area contributed by atoms with Crippen LogP contribution in [0.3, 0.4) is 0 Å². The molecule has 5 heteroatoms. The molecule has 0 amide bonds. The summed E-state index contributed by atoms with van der Waals surface area (Å²) in [5.74, 6) is 0.518. The molecule has 20 heavy (non-hydrogen) atoms. The van der Waals surface area contributed by atoms with Crippen LogP contribution in [0, 0.1) is 0 Å². The van der Waals surface area contributed by atoms with E-state index in [0.29, 0.717) is 11.6 Å². The third-order valence-corrected chi connectivity index (χ3v) is 3.08. The number of anilines is 1. The van der Waals surface area contributed by atoms with Crippen LogP contribution in [0.5, 0.6) is 5.88 Å². The summed E-state index contributed by atoms with van der Waals surface area (Å²) in [7, 11) is 0. The molecule has 5 nitrogen and oxygen atoms in total. The molecule has 0 aromatic carbocycles. The van der Waals surface area contributed by atoms with Crippen LogP contribution in [-0.2, 0) is 0 Å². The SMILES string of the molecule is CC1(C)C=C(n2cc(N)ccc2=O)c2cccnc2O1. The summed E-state index contributed by atoms with van der Waals surface area (Å²) < 4.78 is 7.33. The van der Waals surface area contributed by atoms with Gasteiger partial charge in [-0.2, -0.15) is 0 Å². The van der Waals surface area contributed by atoms with Crippen LogP contribution in [0.4, 0.5) is 5.69 Å². The fraction of sp³-hybridized carbons (Fsp3) is 0.200. The molecule has 0 atom stereocenters. The number of nitrogens with two attached hydrogens (primary N) is 1. The van der Waals surface area contributed by atoms with Gasteiger partial charge in [0.1, 0.15) is 5.60 Å². The average Bonchev–Trinajstić information content (AvgIpc) is 2.39. The van der Waals surface area contributed by atoms with Crippen LogP contribution in [0.25, 0.3) is 5.70 Å². The van der Waals surface area contributed by atoms with Crippen LogP contribution >= 0.6 is 0 Å². The lowest BCUT2D eigenvalue weighted by Gasteiger charge is -2.30. The molecular weight excluding hydrogens is 254 g/mol. The number of rotatable bonds is 1. The molecule has 0 saturated carbocycles. The molecule has 3 rings (SSSR count). The smallest absolute Gasteiger partial charge is 0.255 e. The van der Waals surface area contributed by atoms with E-state index in [2.05, 4.69) is 4.98 Å². The molecule has 0 unspecified atom stereocenters. The van der Waals surface area contributed by atoms with Gasteiger partial charge >= 0.3 is 0 Å². The largest absolute Gasteiger partial charge is 0.467 e. The summed E-state index contributed by atoms with van der Waals surface area (Å²) >= 11 is 0. The van der Waals surface area contributed by atoms with Gasteiger partial charge in [-0.05, 0) is 38.1 Å². The Hall–Kier alpha value is -2.56. The Kier molecular flexibility index (Phi) is 2.64. The van der Waals surface area contributed by atoms with Crippen molar-refractivity contribution in [2.24, 2.45) is 0 Å². The Labute approximate surface area is 116 Å². The first-order chi connectivity index (χ1) is 9.46. The first-order valence-electron chi connectivity index (χ1n) is 6.32. The average molecular weight is 269 g/mol. The van der Waals surface area contributed by atoms with E-state index in [1.54, 1.807) is 18.5 Å². The van der Waals surface area contributed by atoms with Crippen molar-refractivity contribution < 1.29 is 4.74 Å². The molecule has 102 valence electrons. The number of pyridine rings is 2. The lowest BCUT2D eigenvalue weighted by molar-refractivity contribution is 0.149. The van der Waals surface area contributed by atoms with Crippen molar-refractivity contribution >= 4 is 11.4 Å². The van der Waals surface area contributed by atoms with Gasteiger partial charge in [-0.25, -0.2) is 4.98 Å². The topological polar surface area (TPSA) is 70.1 Å². The highest BCUT2D eigenvalue weighted by Gasteiger charge is 2.28. The standard InChI is InChI=1S/C15H15N3O2/c1-15(2)8-12(11-4-3-7-17-14(11)20-15)18-9-10(16)5-6-13(18)19/h3-9H,16H2,1-2H3. The van der Waals surface area contributed by atoms with E-state index in [-0.39, 0.29) is 5.56 Å². The summed E-state index contributed by atoms with van der Waals surface area (Å²) in [5.41, 5.74) is 7.15. The molecule has 0 bridgehead atoms. The molecular formula is C15H15N3O2. The Bertz CT molecular complexity index is 760. The molecule has 1 aliphatic rings. The molecule has 2 N–H and O–H groups in total. The Morgan fingerprint density at radius 1 is 1.30 bits per heavy atom. The molecule has 0 radical (unpaired) electrons. The Morgan fingerprint density at radius 2 is 2.10 bits per heavy atom. The van der Waals surface area contributed by atoms with E-state index in [4.69, 9.17) is 10.5 Å². The predicted octanol–water partition coefficient (Wildman–Crippen LogP) is 1.89. The minimum atomic E-state index is -0.541. The molecule has 0 saturated heterocycles. The maximum absolute atomic E-state index is 12.1. The van der Waals surface area contributed by atoms with Crippen LogP contribution in [-0.4, -0.2) is 15.2 Å². The lowest BCUT2D eigenvalue weighted by Crippen LogP contribution is -2.32. The summed E-state index contributed by atoms with van der Waals surface area (Å²) in [5, 5.41) is 0. The van der Waals surface area contributed by atoms with Gasteiger partial charge in [-0.3, -0.25) is 9.36 Å². The highest BCUT2D eigenvalue weighted by molar-refractivity contribution is 5.72. The van der Waals surface area contributed by atoms with Crippen molar-refractivity contribution in [1.82, 2.24) is 9.55 Å². The minimum absolute atomic E-state index is 0.141. The normalized spacial score (nSPS) is 16.0. The van der Waals surface area contributed by atoms with Gasteiger partial charge in [-0.1, -0.05) is 0 Å². The van der Waals surface area contributed by atoms with Gasteiger partial charge in [0.2, 0.25) is 5.88 Å². The van der Waals surface area contributed by atoms with E-state index in [1.807, 2.05) is 32.1 Å². The first-order valence-corrected chi connectivity index (χ1v) is 6.32. The fourth-order valence-corrected chi connectivity index (χ4v) is 2.24. The van der Waals surface area contributed by atoms with Crippen LogP contribution in [0.15, 0.2) is 47.5 Å². The lowest BCUT2D eigenvalue weighted by atomic mass is 10.0. The Morgan fingerprint density at radius 3 is 2.90 bits per heavy atom. The summed E-state index contributed by atoms with van der Waals surface area (Å²) in [6, 6.07) is 6.73. The second-order valence-electron chi connectivity index (χ2n) is 5.26. The quantitative estimate of drug-likeness (QED) is 0.858. The maximum Gasteiger partial charge on any atom is 0.255 e. The zero-order chi connectivity index (χ0) is 14.3. The van der Waals surface area contributed by atoms with Crippen molar-refractivity contribution in [1.29, 1.82) is 0 Å². The van der Waals surface area contributed by atoms with Gasteiger partial charge in [-0.15, -0.1) is 0 Å².